The van der Waals surface area contributed by atoms with Crippen molar-refractivity contribution in [2.24, 2.45) is 0 Å². The summed E-state index contributed by atoms with van der Waals surface area (Å²) in [5.41, 5.74) is 5.39. The summed E-state index contributed by atoms with van der Waals surface area (Å²) in [6, 6.07) is 14.1. The van der Waals surface area contributed by atoms with Crippen molar-refractivity contribution in [2.75, 3.05) is 17.2 Å². The fourth-order valence-electron chi connectivity index (χ4n) is 5.36. The molecule has 8 heteroatoms. The highest BCUT2D eigenvalue weighted by atomic mass is 19.1. The number of carboxylic acid groups (broad SMARTS) is 1. The average Bonchev–Trinajstić information content (AvgIpc) is 2.90. The second-order valence-electron chi connectivity index (χ2n) is 10.2. The minimum absolute atomic E-state index is 0.182. The van der Waals surface area contributed by atoms with Crippen LogP contribution < -0.4 is 10.6 Å². The molecule has 0 saturated heterocycles. The molecular weight excluding hydrogens is 497 g/mol. The summed E-state index contributed by atoms with van der Waals surface area (Å²) in [4.78, 5) is 40.1. The fraction of sp³-hybridized carbons (Fsp3) is 0.323. The Hall–Kier alpha value is -4.20. The molecule has 39 heavy (non-hydrogen) atoms. The fourth-order valence-corrected chi connectivity index (χ4v) is 5.36. The van der Waals surface area contributed by atoms with E-state index in [1.807, 2.05) is 32.9 Å². The van der Waals surface area contributed by atoms with E-state index in [1.54, 1.807) is 30.3 Å². The van der Waals surface area contributed by atoms with Crippen LogP contribution in [0.25, 0.3) is 11.1 Å². The van der Waals surface area contributed by atoms with Gasteiger partial charge in [-0.2, -0.15) is 0 Å². The van der Waals surface area contributed by atoms with E-state index in [0.29, 0.717) is 16.8 Å². The number of rotatable bonds is 7. The zero-order valence-corrected chi connectivity index (χ0v) is 22.5. The number of carbonyl (C=O) groups excluding carboxylic acids is 2. The minimum atomic E-state index is -1.09. The van der Waals surface area contributed by atoms with E-state index < -0.39 is 24.5 Å². The highest BCUT2D eigenvalue weighted by molar-refractivity contribution is 6.08. The molecule has 1 fully saturated rings. The van der Waals surface area contributed by atoms with Crippen LogP contribution in [0.1, 0.15) is 59.2 Å². The van der Waals surface area contributed by atoms with E-state index in [-0.39, 0.29) is 23.1 Å². The molecule has 204 valence electrons. The van der Waals surface area contributed by atoms with Gasteiger partial charge in [0.2, 0.25) is 0 Å². The molecule has 3 aromatic carbocycles. The van der Waals surface area contributed by atoms with Gasteiger partial charge in [-0.05, 0) is 80.1 Å². The third-order valence-electron chi connectivity index (χ3n) is 7.17. The van der Waals surface area contributed by atoms with Gasteiger partial charge in [-0.25, -0.2) is 9.18 Å². The Bertz CT molecular complexity index is 1360. The molecule has 4 rings (SSSR count). The number of hydrogen-bond donors (Lipinski definition) is 3. The van der Waals surface area contributed by atoms with Gasteiger partial charge in [0.15, 0.2) is 0 Å². The quantitative estimate of drug-likeness (QED) is 0.308. The van der Waals surface area contributed by atoms with E-state index in [0.717, 1.165) is 48.8 Å². The first-order chi connectivity index (χ1) is 18.6. The molecule has 1 saturated carbocycles. The molecule has 0 aromatic heterocycles. The van der Waals surface area contributed by atoms with E-state index >= 15 is 0 Å². The van der Waals surface area contributed by atoms with Crippen LogP contribution in [0.3, 0.4) is 0 Å². The molecule has 0 spiro atoms. The van der Waals surface area contributed by atoms with Crippen LogP contribution in [-0.4, -0.2) is 40.5 Å². The van der Waals surface area contributed by atoms with Crippen LogP contribution in [0.15, 0.2) is 54.6 Å². The molecule has 0 bridgehead atoms. The molecule has 0 radical (unpaired) electrons. The van der Waals surface area contributed by atoms with Crippen LogP contribution in [0, 0.1) is 26.6 Å². The van der Waals surface area contributed by atoms with Gasteiger partial charge in [0, 0.05) is 11.7 Å². The molecule has 0 aliphatic heterocycles. The summed E-state index contributed by atoms with van der Waals surface area (Å²) in [7, 11) is 0. The highest BCUT2D eigenvalue weighted by Crippen LogP contribution is 2.30. The van der Waals surface area contributed by atoms with Gasteiger partial charge in [0.05, 0.1) is 11.3 Å². The number of benzene rings is 3. The van der Waals surface area contributed by atoms with E-state index in [2.05, 4.69) is 10.6 Å². The summed E-state index contributed by atoms with van der Waals surface area (Å²) in [5.74, 6) is -1.91. The molecule has 0 unspecified atom stereocenters. The van der Waals surface area contributed by atoms with Crippen molar-refractivity contribution in [1.82, 2.24) is 4.90 Å². The second kappa shape index (κ2) is 12.1. The lowest BCUT2D eigenvalue weighted by atomic mass is 9.93. The predicted molar refractivity (Wildman–Crippen MR) is 151 cm³/mol. The molecule has 0 heterocycles. The maximum Gasteiger partial charge on any atom is 0.323 e. The average molecular weight is 532 g/mol. The van der Waals surface area contributed by atoms with Gasteiger partial charge in [-0.3, -0.25) is 9.59 Å². The number of nitrogens with one attached hydrogen (secondary N) is 2. The van der Waals surface area contributed by atoms with Gasteiger partial charge in [0.25, 0.3) is 5.91 Å². The first kappa shape index (κ1) is 27.8. The third-order valence-corrected chi connectivity index (χ3v) is 7.17. The van der Waals surface area contributed by atoms with Gasteiger partial charge in [-0.15, -0.1) is 0 Å². The maximum absolute atomic E-state index is 13.8. The number of carbonyl (C=O) groups is 3. The van der Waals surface area contributed by atoms with Gasteiger partial charge >= 0.3 is 12.0 Å². The van der Waals surface area contributed by atoms with Crippen molar-refractivity contribution in [3.8, 4) is 11.1 Å². The number of aliphatic carboxylic acids is 1. The van der Waals surface area contributed by atoms with Crippen LogP contribution in [0.5, 0.6) is 0 Å². The Labute approximate surface area is 228 Å². The molecule has 1 aliphatic carbocycles. The van der Waals surface area contributed by atoms with Crippen LogP contribution >= 0.6 is 0 Å². The number of halogens is 1. The summed E-state index contributed by atoms with van der Waals surface area (Å²) in [6.45, 7) is 5.38. The lowest BCUT2D eigenvalue weighted by Gasteiger charge is -2.33. The zero-order chi connectivity index (χ0) is 28.1. The normalized spacial score (nSPS) is 13.5. The summed E-state index contributed by atoms with van der Waals surface area (Å²) in [5, 5.41) is 15.3. The minimum Gasteiger partial charge on any atom is -0.480 e. The molecule has 3 amide bonds. The Balaban J connectivity index is 1.70. The lowest BCUT2D eigenvalue weighted by Crippen LogP contribution is -2.44. The van der Waals surface area contributed by atoms with Crippen LogP contribution in [0.4, 0.5) is 20.6 Å². The van der Waals surface area contributed by atoms with Crippen molar-refractivity contribution < 1.29 is 23.9 Å². The van der Waals surface area contributed by atoms with Crippen molar-refractivity contribution in [3.63, 3.8) is 0 Å². The molecule has 3 aromatic rings. The summed E-state index contributed by atoms with van der Waals surface area (Å²) >= 11 is 0. The zero-order valence-electron chi connectivity index (χ0n) is 22.5. The number of nitrogens with zero attached hydrogens (tertiary/aromatic N) is 1. The van der Waals surface area contributed by atoms with Crippen molar-refractivity contribution in [3.05, 3.63) is 82.7 Å². The molecule has 7 nitrogen and oxygen atoms in total. The number of aryl methyl sites for hydroxylation is 3. The first-order valence-electron chi connectivity index (χ1n) is 13.2. The summed E-state index contributed by atoms with van der Waals surface area (Å²) < 4.78 is 13.5. The lowest BCUT2D eigenvalue weighted by molar-refractivity contribution is -0.138. The molecule has 1 aliphatic rings. The summed E-state index contributed by atoms with van der Waals surface area (Å²) in [6.07, 6.45) is 4.40. The van der Waals surface area contributed by atoms with Gasteiger partial charge in [-0.1, -0.05) is 55.2 Å². The van der Waals surface area contributed by atoms with Crippen molar-refractivity contribution in [1.29, 1.82) is 0 Å². The van der Waals surface area contributed by atoms with Gasteiger partial charge < -0.3 is 20.6 Å². The molecular formula is C31H34FN3O4. The van der Waals surface area contributed by atoms with Crippen molar-refractivity contribution >= 4 is 29.3 Å². The Kier molecular flexibility index (Phi) is 8.64. The van der Waals surface area contributed by atoms with E-state index in [9.17, 15) is 23.9 Å². The first-order valence-corrected chi connectivity index (χ1v) is 13.2. The standard InChI is InChI=1S/C31H34FN3O4/c1-19-15-20(2)29(21(3)16-19)34-31(39)33-27-17-23(22-9-12-24(32)13-10-22)11-14-26(27)30(38)35(18-28(36)37)25-7-5-4-6-8-25/h9-17,25H,4-8,18H2,1-3H3,(H,36,37)(H2,33,34,39). The topological polar surface area (TPSA) is 98.7 Å². The van der Waals surface area contributed by atoms with Crippen LogP contribution in [0.2, 0.25) is 0 Å². The van der Waals surface area contributed by atoms with Crippen LogP contribution in [-0.2, 0) is 4.79 Å². The maximum atomic E-state index is 13.8. The number of anilines is 2. The predicted octanol–water partition coefficient (Wildman–Crippen LogP) is 6.92. The highest BCUT2D eigenvalue weighted by Gasteiger charge is 2.30. The second-order valence-corrected chi connectivity index (χ2v) is 10.2. The molecule has 0 atom stereocenters. The number of urea groups is 1. The van der Waals surface area contributed by atoms with Crippen molar-refractivity contribution in [2.45, 2.75) is 58.9 Å². The Morgan fingerprint density at radius 1 is 0.872 bits per heavy atom. The van der Waals surface area contributed by atoms with Gasteiger partial charge in [0.1, 0.15) is 12.4 Å². The van der Waals surface area contributed by atoms with E-state index in [4.69, 9.17) is 0 Å². The monoisotopic (exact) mass is 531 g/mol. The van der Waals surface area contributed by atoms with E-state index in [1.165, 1.54) is 17.0 Å². The largest absolute Gasteiger partial charge is 0.480 e. The number of carboxylic acids is 1. The number of hydrogen-bond acceptors (Lipinski definition) is 3. The smallest absolute Gasteiger partial charge is 0.323 e. The third kappa shape index (κ3) is 6.82. The Morgan fingerprint density at radius 3 is 2.10 bits per heavy atom. The molecule has 3 N–H and O–H groups in total. The SMILES string of the molecule is Cc1cc(C)c(NC(=O)Nc2cc(-c3ccc(F)cc3)ccc2C(=O)N(CC(=O)O)C2CCCCC2)c(C)c1. The Morgan fingerprint density at radius 2 is 1.49 bits per heavy atom. The number of amides is 3.